The van der Waals surface area contributed by atoms with Crippen molar-refractivity contribution in [3.05, 3.63) is 131 Å². The van der Waals surface area contributed by atoms with Crippen molar-refractivity contribution in [2.75, 3.05) is 10.4 Å². The van der Waals surface area contributed by atoms with E-state index in [0.29, 0.717) is 5.69 Å². The number of nitrogens with zero attached hydrogens (tertiary/aromatic N) is 3. The van der Waals surface area contributed by atoms with E-state index < -0.39 is 5.97 Å². The number of hydrazone groups is 2. The number of carboxylic acid groups (broad SMARTS) is 1. The molecule has 172 valence electrons. The van der Waals surface area contributed by atoms with Gasteiger partial charge in [0.15, 0.2) is 0 Å². The molecule has 5 rings (SSSR count). The van der Waals surface area contributed by atoms with Gasteiger partial charge in [0.25, 0.3) is 0 Å². The average Bonchev–Trinajstić information content (AvgIpc) is 3.36. The Labute approximate surface area is 203 Å². The smallest absolute Gasteiger partial charge is 0.335 e. The number of carbonyl (C=O) groups is 1. The minimum atomic E-state index is -0.951. The van der Waals surface area contributed by atoms with Crippen LogP contribution in [0.3, 0.4) is 0 Å². The van der Waals surface area contributed by atoms with Crippen LogP contribution in [0.25, 0.3) is 0 Å². The summed E-state index contributed by atoms with van der Waals surface area (Å²) in [6.45, 7) is 0. The Hall–Kier alpha value is -4.71. The molecule has 1 unspecified atom stereocenters. The highest BCUT2D eigenvalue weighted by atomic mass is 16.4. The second-order valence-corrected chi connectivity index (χ2v) is 8.23. The molecule has 0 saturated heterocycles. The lowest BCUT2D eigenvalue weighted by atomic mass is 9.98. The van der Waals surface area contributed by atoms with E-state index in [1.807, 2.05) is 36.4 Å². The van der Waals surface area contributed by atoms with Gasteiger partial charge in [0.05, 0.1) is 34.9 Å². The Morgan fingerprint density at radius 1 is 0.886 bits per heavy atom. The first-order chi connectivity index (χ1) is 17.2. The molecule has 0 saturated carbocycles. The quantitative estimate of drug-likeness (QED) is 0.255. The molecule has 1 atom stereocenters. The highest BCUT2D eigenvalue weighted by Crippen LogP contribution is 2.36. The Kier molecular flexibility index (Phi) is 6.35. The molecule has 1 aliphatic heterocycles. The molecule has 35 heavy (non-hydrogen) atoms. The Morgan fingerprint density at radius 2 is 1.54 bits per heavy atom. The molecule has 0 amide bonds. The summed E-state index contributed by atoms with van der Waals surface area (Å²) >= 11 is 0. The first-order valence-electron chi connectivity index (χ1n) is 11.4. The maximum absolute atomic E-state index is 11.0. The summed E-state index contributed by atoms with van der Waals surface area (Å²) in [4.78, 5) is 11.0. The van der Waals surface area contributed by atoms with Gasteiger partial charge in [-0.25, -0.2) is 4.79 Å². The Balaban J connectivity index is 1.33. The topological polar surface area (TPSA) is 77.3 Å². The molecule has 6 heteroatoms. The molecule has 0 bridgehead atoms. The summed E-state index contributed by atoms with van der Waals surface area (Å²) in [5.74, 6) is -0.951. The third-order valence-corrected chi connectivity index (χ3v) is 5.90. The molecular formula is C29H24N4O2. The fraction of sp³-hybridized carbons (Fsp3) is 0.0690. The summed E-state index contributed by atoms with van der Waals surface area (Å²) in [6, 6.07) is 35.5. The van der Waals surface area contributed by atoms with E-state index in [-0.39, 0.29) is 11.6 Å². The summed E-state index contributed by atoms with van der Waals surface area (Å²) < 4.78 is 0. The lowest BCUT2D eigenvalue weighted by molar-refractivity contribution is 0.0697. The molecule has 0 aromatic heterocycles. The molecular weight excluding hydrogens is 436 g/mol. The van der Waals surface area contributed by atoms with E-state index >= 15 is 0 Å². The lowest BCUT2D eigenvalue weighted by Gasteiger charge is -2.24. The number of carboxylic acids is 1. The van der Waals surface area contributed by atoms with Gasteiger partial charge in [0.1, 0.15) is 0 Å². The van der Waals surface area contributed by atoms with E-state index in [9.17, 15) is 4.79 Å². The molecule has 4 aromatic rings. The fourth-order valence-corrected chi connectivity index (χ4v) is 4.07. The van der Waals surface area contributed by atoms with E-state index in [4.69, 9.17) is 10.2 Å². The minimum absolute atomic E-state index is 0.126. The largest absolute Gasteiger partial charge is 0.478 e. The number of aromatic carboxylic acids is 1. The molecule has 0 aliphatic carbocycles. The summed E-state index contributed by atoms with van der Waals surface area (Å²) in [6.07, 6.45) is 2.56. The fourth-order valence-electron chi connectivity index (χ4n) is 4.07. The highest BCUT2D eigenvalue weighted by molar-refractivity contribution is 6.03. The number of rotatable bonds is 7. The zero-order valence-corrected chi connectivity index (χ0v) is 19.0. The number of nitrogens with one attached hydrogen (secondary N) is 1. The maximum Gasteiger partial charge on any atom is 0.335 e. The van der Waals surface area contributed by atoms with Gasteiger partial charge in [-0.15, -0.1) is 0 Å². The third-order valence-electron chi connectivity index (χ3n) is 5.90. The second kappa shape index (κ2) is 10.1. The Morgan fingerprint density at radius 3 is 2.20 bits per heavy atom. The molecule has 6 nitrogen and oxygen atoms in total. The highest BCUT2D eigenvalue weighted by Gasteiger charge is 2.29. The van der Waals surface area contributed by atoms with Gasteiger partial charge in [0.2, 0.25) is 0 Å². The van der Waals surface area contributed by atoms with Crippen LogP contribution in [-0.4, -0.2) is 23.0 Å². The number of hydrogen-bond donors (Lipinski definition) is 2. The predicted octanol–water partition coefficient (Wildman–Crippen LogP) is 6.19. The Bertz CT molecular complexity index is 1350. The predicted molar refractivity (Wildman–Crippen MR) is 140 cm³/mol. The van der Waals surface area contributed by atoms with Crippen molar-refractivity contribution >= 4 is 29.3 Å². The molecule has 0 radical (unpaired) electrons. The van der Waals surface area contributed by atoms with Crippen LogP contribution >= 0.6 is 0 Å². The molecule has 1 heterocycles. The molecule has 0 spiro atoms. The van der Waals surface area contributed by atoms with Crippen molar-refractivity contribution in [2.45, 2.75) is 12.5 Å². The van der Waals surface area contributed by atoms with Crippen molar-refractivity contribution in [2.24, 2.45) is 10.2 Å². The summed E-state index contributed by atoms with van der Waals surface area (Å²) in [7, 11) is 0. The van der Waals surface area contributed by atoms with Crippen LogP contribution in [0.15, 0.2) is 119 Å². The van der Waals surface area contributed by atoms with E-state index in [0.717, 1.165) is 28.9 Å². The first-order valence-corrected chi connectivity index (χ1v) is 11.4. The summed E-state index contributed by atoms with van der Waals surface area (Å²) in [5.41, 5.74) is 9.27. The average molecular weight is 461 g/mol. The van der Waals surface area contributed by atoms with Crippen LogP contribution in [0.4, 0.5) is 11.4 Å². The zero-order chi connectivity index (χ0) is 24.0. The third kappa shape index (κ3) is 5.12. The lowest BCUT2D eigenvalue weighted by Crippen LogP contribution is -2.18. The van der Waals surface area contributed by atoms with Gasteiger partial charge >= 0.3 is 5.97 Å². The van der Waals surface area contributed by atoms with Crippen LogP contribution in [0.2, 0.25) is 0 Å². The van der Waals surface area contributed by atoms with E-state index in [1.54, 1.807) is 30.5 Å². The maximum atomic E-state index is 11.0. The van der Waals surface area contributed by atoms with Crippen LogP contribution in [0.1, 0.15) is 39.5 Å². The van der Waals surface area contributed by atoms with E-state index in [1.165, 1.54) is 5.56 Å². The van der Waals surface area contributed by atoms with Gasteiger partial charge in [-0.2, -0.15) is 10.2 Å². The molecule has 2 N–H and O–H groups in total. The molecule has 0 fully saturated rings. The first kappa shape index (κ1) is 22.1. The van der Waals surface area contributed by atoms with Gasteiger partial charge in [-0.1, -0.05) is 72.8 Å². The molecule has 4 aromatic carbocycles. The summed E-state index contributed by atoms with van der Waals surface area (Å²) in [5, 5.41) is 20.4. The van der Waals surface area contributed by atoms with Gasteiger partial charge in [-0.05, 0) is 53.1 Å². The standard InChI is InChI=1S/C29H24N4O2/c34-29(35)24-13-15-25(16-14-24)31-30-20-21-11-17-26(18-12-21)33-28(23-9-5-2-6-10-23)19-27(32-33)22-7-3-1-4-8-22/h1-18,20,28,31H,19H2,(H,34,35). The number of hydrogen-bond acceptors (Lipinski definition) is 5. The normalized spacial score (nSPS) is 15.3. The zero-order valence-electron chi connectivity index (χ0n) is 19.0. The monoisotopic (exact) mass is 460 g/mol. The van der Waals surface area contributed by atoms with Gasteiger partial charge in [0, 0.05) is 6.42 Å². The van der Waals surface area contributed by atoms with Crippen LogP contribution in [0, 0.1) is 0 Å². The van der Waals surface area contributed by atoms with Crippen molar-refractivity contribution in [1.82, 2.24) is 0 Å². The van der Waals surface area contributed by atoms with Crippen LogP contribution in [0.5, 0.6) is 0 Å². The van der Waals surface area contributed by atoms with Crippen molar-refractivity contribution in [3.8, 4) is 0 Å². The van der Waals surface area contributed by atoms with Crippen molar-refractivity contribution < 1.29 is 9.90 Å². The SMILES string of the molecule is O=C(O)c1ccc(NN=Cc2ccc(N3N=C(c4ccccc4)CC3c3ccccc3)cc2)cc1. The van der Waals surface area contributed by atoms with Crippen LogP contribution < -0.4 is 10.4 Å². The van der Waals surface area contributed by atoms with E-state index in [2.05, 4.69) is 64.1 Å². The van der Waals surface area contributed by atoms with Gasteiger partial charge in [-0.3, -0.25) is 10.4 Å². The number of benzene rings is 4. The van der Waals surface area contributed by atoms with Crippen molar-refractivity contribution in [1.29, 1.82) is 0 Å². The number of anilines is 2. The van der Waals surface area contributed by atoms with Crippen molar-refractivity contribution in [3.63, 3.8) is 0 Å². The van der Waals surface area contributed by atoms with Crippen LogP contribution in [-0.2, 0) is 0 Å². The molecule has 1 aliphatic rings. The minimum Gasteiger partial charge on any atom is -0.478 e. The second-order valence-electron chi connectivity index (χ2n) is 8.23. The van der Waals surface area contributed by atoms with Gasteiger partial charge < -0.3 is 5.11 Å².